The Morgan fingerprint density at radius 2 is 2.00 bits per heavy atom. The zero-order valence-electron chi connectivity index (χ0n) is 19.2. The Morgan fingerprint density at radius 1 is 1.22 bits per heavy atom. The Bertz CT molecular complexity index is 1070. The van der Waals surface area contributed by atoms with Crippen LogP contribution >= 0.6 is 0 Å². The van der Waals surface area contributed by atoms with E-state index in [0.29, 0.717) is 23.9 Å². The molecule has 1 atom stereocenters. The van der Waals surface area contributed by atoms with E-state index in [4.69, 9.17) is 5.10 Å². The molecule has 1 aliphatic carbocycles. The van der Waals surface area contributed by atoms with Gasteiger partial charge in [0.2, 0.25) is 0 Å². The van der Waals surface area contributed by atoms with Crippen molar-refractivity contribution in [1.29, 1.82) is 0 Å². The van der Waals surface area contributed by atoms with Crippen molar-refractivity contribution in [2.75, 3.05) is 27.2 Å². The first kappa shape index (κ1) is 22.4. The molecule has 1 fully saturated rings. The minimum Gasteiger partial charge on any atom is -0.393 e. The number of aliphatic hydroxyl groups is 1. The molecule has 2 heterocycles. The zero-order valence-corrected chi connectivity index (χ0v) is 19.2. The molecule has 0 spiro atoms. The number of carbonyl (C=O) groups is 1. The summed E-state index contributed by atoms with van der Waals surface area (Å²) in [4.78, 5) is 19.1. The van der Waals surface area contributed by atoms with Crippen LogP contribution < -0.4 is 5.32 Å². The molecule has 0 bridgehead atoms. The van der Waals surface area contributed by atoms with Crippen LogP contribution in [0.1, 0.15) is 54.6 Å². The average molecular weight is 436 g/mol. The third kappa shape index (κ3) is 5.00. The van der Waals surface area contributed by atoms with Crippen molar-refractivity contribution >= 4 is 11.6 Å². The normalized spacial score (nSPS) is 19.9. The number of imidazole rings is 1. The number of amides is 1. The fourth-order valence-corrected chi connectivity index (χ4v) is 4.49. The summed E-state index contributed by atoms with van der Waals surface area (Å²) in [6, 6.07) is 11.7. The Labute approximate surface area is 189 Å². The molecular formula is C25H33N5O2. The molecule has 1 saturated carbocycles. The van der Waals surface area contributed by atoms with Crippen LogP contribution in [0.3, 0.4) is 0 Å². The van der Waals surface area contributed by atoms with Crippen molar-refractivity contribution in [2.24, 2.45) is 5.92 Å². The average Bonchev–Trinajstić information content (AvgIpc) is 3.22. The molecule has 0 saturated heterocycles. The lowest BCUT2D eigenvalue weighted by Gasteiger charge is -2.29. The Balaban J connectivity index is 1.57. The zero-order chi connectivity index (χ0) is 22.7. The summed E-state index contributed by atoms with van der Waals surface area (Å²) in [6.45, 7) is 3.63. The Morgan fingerprint density at radius 3 is 2.75 bits per heavy atom. The first-order chi connectivity index (χ1) is 15.4. The number of fused-ring (bicyclic) bond motifs is 1. The van der Waals surface area contributed by atoms with Gasteiger partial charge in [-0.3, -0.25) is 4.79 Å². The highest BCUT2D eigenvalue weighted by Gasteiger charge is 2.26. The number of hydrogen-bond donors (Lipinski definition) is 2. The molecule has 170 valence electrons. The maximum atomic E-state index is 12.6. The van der Waals surface area contributed by atoms with E-state index in [1.54, 1.807) is 0 Å². The van der Waals surface area contributed by atoms with Crippen LogP contribution in [0.4, 0.5) is 0 Å². The summed E-state index contributed by atoms with van der Waals surface area (Å²) in [5, 5.41) is 17.7. The van der Waals surface area contributed by atoms with Gasteiger partial charge in [-0.15, -0.1) is 0 Å². The molecule has 2 N–H and O–H groups in total. The molecule has 1 aliphatic rings. The van der Waals surface area contributed by atoms with Gasteiger partial charge in [0.25, 0.3) is 5.91 Å². The molecule has 0 unspecified atom stereocenters. The number of nitrogens with zero attached hydrogens (tertiary/aromatic N) is 4. The van der Waals surface area contributed by atoms with E-state index in [9.17, 15) is 9.90 Å². The van der Waals surface area contributed by atoms with Crippen LogP contribution in [0, 0.1) is 5.92 Å². The van der Waals surface area contributed by atoms with E-state index in [0.717, 1.165) is 54.8 Å². The summed E-state index contributed by atoms with van der Waals surface area (Å²) in [6.07, 6.45) is 5.47. The van der Waals surface area contributed by atoms with Gasteiger partial charge < -0.3 is 15.3 Å². The van der Waals surface area contributed by atoms with Gasteiger partial charge in [0, 0.05) is 30.1 Å². The smallest absolute Gasteiger partial charge is 0.251 e. The molecule has 1 amide bonds. The van der Waals surface area contributed by atoms with Crippen LogP contribution in [0.2, 0.25) is 0 Å². The van der Waals surface area contributed by atoms with Crippen LogP contribution in [0.15, 0.2) is 42.6 Å². The topological polar surface area (TPSA) is 82.8 Å². The van der Waals surface area contributed by atoms with Crippen molar-refractivity contribution in [3.63, 3.8) is 0 Å². The lowest BCUT2D eigenvalue weighted by Crippen LogP contribution is -2.31. The minimum absolute atomic E-state index is 0.0794. The fraction of sp³-hybridized carbons (Fsp3) is 0.480. The number of aliphatic hydroxyl groups excluding tert-OH is 1. The molecule has 3 aromatic rings. The number of aromatic nitrogens is 3. The van der Waals surface area contributed by atoms with Gasteiger partial charge >= 0.3 is 0 Å². The van der Waals surface area contributed by atoms with Gasteiger partial charge in [-0.1, -0.05) is 19.1 Å². The van der Waals surface area contributed by atoms with E-state index in [1.165, 1.54) is 0 Å². The summed E-state index contributed by atoms with van der Waals surface area (Å²) in [5.41, 5.74) is 4.24. The van der Waals surface area contributed by atoms with Crippen molar-refractivity contribution in [3.05, 3.63) is 53.9 Å². The quantitative estimate of drug-likeness (QED) is 0.595. The SMILES string of the molecule is C[C@@H](c1ccc2ncc(-c3cccc(C(=O)NCCN(C)C)c3)n2n1)C1CCC(O)CC1. The van der Waals surface area contributed by atoms with Crippen molar-refractivity contribution in [3.8, 4) is 11.3 Å². The van der Waals surface area contributed by atoms with Crippen molar-refractivity contribution in [1.82, 2.24) is 24.8 Å². The molecular weight excluding hydrogens is 402 g/mol. The standard InChI is InChI=1S/C25H33N5O2/c1-17(18-7-9-21(31)10-8-18)22-11-12-24-27-16-23(30(24)28-22)19-5-4-6-20(15-19)25(32)26-13-14-29(2)3/h4-6,11-12,15-18,21,31H,7-10,13-14H2,1-3H3,(H,26,32)/t17-,18?,21?/m1/s1. The first-order valence-electron chi connectivity index (χ1n) is 11.5. The molecule has 0 aliphatic heterocycles. The van der Waals surface area contributed by atoms with Crippen LogP contribution in [0.5, 0.6) is 0 Å². The van der Waals surface area contributed by atoms with Gasteiger partial charge in [0.1, 0.15) is 0 Å². The lowest BCUT2D eigenvalue weighted by atomic mass is 9.78. The second-order valence-corrected chi connectivity index (χ2v) is 9.17. The van der Waals surface area contributed by atoms with Crippen molar-refractivity contribution < 1.29 is 9.90 Å². The molecule has 7 heteroatoms. The third-order valence-corrected chi connectivity index (χ3v) is 6.56. The highest BCUT2D eigenvalue weighted by molar-refractivity contribution is 5.95. The van der Waals surface area contributed by atoms with E-state index in [2.05, 4.69) is 23.3 Å². The van der Waals surface area contributed by atoms with E-state index >= 15 is 0 Å². The largest absolute Gasteiger partial charge is 0.393 e. The summed E-state index contributed by atoms with van der Waals surface area (Å²) in [5.74, 6) is 0.768. The summed E-state index contributed by atoms with van der Waals surface area (Å²) < 4.78 is 1.88. The predicted molar refractivity (Wildman–Crippen MR) is 126 cm³/mol. The third-order valence-electron chi connectivity index (χ3n) is 6.56. The molecule has 1 aromatic carbocycles. The molecule has 0 radical (unpaired) electrons. The van der Waals surface area contributed by atoms with Crippen LogP contribution in [0.25, 0.3) is 16.9 Å². The second-order valence-electron chi connectivity index (χ2n) is 9.17. The van der Waals surface area contributed by atoms with Gasteiger partial charge in [0.05, 0.1) is 23.7 Å². The molecule has 4 rings (SSSR count). The number of hydrogen-bond acceptors (Lipinski definition) is 5. The molecule has 2 aromatic heterocycles. The van der Waals surface area contributed by atoms with E-state index in [1.807, 2.05) is 60.0 Å². The summed E-state index contributed by atoms with van der Waals surface area (Å²) >= 11 is 0. The van der Waals surface area contributed by atoms with Gasteiger partial charge in [0.15, 0.2) is 5.65 Å². The number of rotatable bonds is 7. The molecule has 7 nitrogen and oxygen atoms in total. The summed E-state index contributed by atoms with van der Waals surface area (Å²) in [7, 11) is 3.97. The highest BCUT2D eigenvalue weighted by Crippen LogP contribution is 2.35. The van der Waals surface area contributed by atoms with E-state index in [-0.39, 0.29) is 12.0 Å². The number of carbonyl (C=O) groups excluding carboxylic acids is 1. The highest BCUT2D eigenvalue weighted by atomic mass is 16.3. The molecule has 32 heavy (non-hydrogen) atoms. The monoisotopic (exact) mass is 435 g/mol. The number of benzene rings is 1. The van der Waals surface area contributed by atoms with Crippen LogP contribution in [-0.4, -0.2) is 63.8 Å². The van der Waals surface area contributed by atoms with E-state index < -0.39 is 0 Å². The lowest BCUT2D eigenvalue weighted by molar-refractivity contribution is 0.0951. The maximum absolute atomic E-state index is 12.6. The Kier molecular flexibility index (Phi) is 6.86. The number of likely N-dealkylation sites (N-methyl/N-ethyl adjacent to an activating group) is 1. The fourth-order valence-electron chi connectivity index (χ4n) is 4.49. The minimum atomic E-state index is -0.151. The van der Waals surface area contributed by atoms with Gasteiger partial charge in [-0.2, -0.15) is 5.10 Å². The van der Waals surface area contributed by atoms with Crippen LogP contribution in [-0.2, 0) is 0 Å². The van der Waals surface area contributed by atoms with Crippen molar-refractivity contribution in [2.45, 2.75) is 44.6 Å². The second kappa shape index (κ2) is 9.79. The first-order valence-corrected chi connectivity index (χ1v) is 11.5. The number of nitrogens with one attached hydrogen (secondary N) is 1. The van der Waals surface area contributed by atoms with Gasteiger partial charge in [-0.25, -0.2) is 9.50 Å². The van der Waals surface area contributed by atoms with Gasteiger partial charge in [-0.05, 0) is 70.0 Å². The maximum Gasteiger partial charge on any atom is 0.251 e. The Hall–Kier alpha value is -2.77. The predicted octanol–water partition coefficient (Wildman–Crippen LogP) is 3.34.